The molecule has 0 aromatic carbocycles. The van der Waals surface area contributed by atoms with Crippen molar-refractivity contribution in [2.24, 2.45) is 5.92 Å². The SMILES string of the molecule is CNC1CCC(C(=O)N(C)Cc2ccccn2)CC1. The molecular formula is C15H23N3O. The molecule has 19 heavy (non-hydrogen) atoms. The summed E-state index contributed by atoms with van der Waals surface area (Å²) in [6.45, 7) is 0.603. The molecule has 1 aromatic heterocycles. The number of rotatable bonds is 4. The van der Waals surface area contributed by atoms with Crippen molar-refractivity contribution in [3.05, 3.63) is 30.1 Å². The second-order valence-corrected chi connectivity index (χ2v) is 5.35. The van der Waals surface area contributed by atoms with E-state index in [9.17, 15) is 4.79 Å². The van der Waals surface area contributed by atoms with Crippen molar-refractivity contribution in [3.8, 4) is 0 Å². The maximum Gasteiger partial charge on any atom is 0.225 e. The Morgan fingerprint density at radius 3 is 2.68 bits per heavy atom. The van der Waals surface area contributed by atoms with E-state index >= 15 is 0 Å². The average molecular weight is 261 g/mol. The van der Waals surface area contributed by atoms with Crippen molar-refractivity contribution in [2.45, 2.75) is 38.3 Å². The lowest BCUT2D eigenvalue weighted by Gasteiger charge is -2.30. The van der Waals surface area contributed by atoms with E-state index in [1.54, 1.807) is 6.20 Å². The van der Waals surface area contributed by atoms with Crippen LogP contribution in [-0.2, 0) is 11.3 Å². The number of amides is 1. The smallest absolute Gasteiger partial charge is 0.225 e. The standard InChI is InChI=1S/C15H23N3O/c1-16-13-8-6-12(7-9-13)15(19)18(2)11-14-5-3-4-10-17-14/h3-5,10,12-13,16H,6-9,11H2,1-2H3. The molecule has 2 rings (SSSR count). The molecule has 0 saturated heterocycles. The Morgan fingerprint density at radius 1 is 1.37 bits per heavy atom. The zero-order valence-corrected chi connectivity index (χ0v) is 11.8. The van der Waals surface area contributed by atoms with Gasteiger partial charge in [0.1, 0.15) is 0 Å². The second kappa shape index (κ2) is 6.66. The number of nitrogens with zero attached hydrogens (tertiary/aromatic N) is 2. The molecule has 4 nitrogen and oxygen atoms in total. The lowest BCUT2D eigenvalue weighted by molar-refractivity contribution is -0.135. The average Bonchev–Trinajstić information content (AvgIpc) is 2.47. The Morgan fingerprint density at radius 2 is 2.11 bits per heavy atom. The van der Waals surface area contributed by atoms with Gasteiger partial charge >= 0.3 is 0 Å². The number of hydrogen-bond acceptors (Lipinski definition) is 3. The Kier molecular flexibility index (Phi) is 4.91. The van der Waals surface area contributed by atoms with E-state index in [0.717, 1.165) is 31.4 Å². The highest BCUT2D eigenvalue weighted by molar-refractivity contribution is 5.78. The molecule has 4 heteroatoms. The number of carbonyl (C=O) groups is 1. The fraction of sp³-hybridized carbons (Fsp3) is 0.600. The van der Waals surface area contributed by atoms with E-state index in [1.807, 2.05) is 37.2 Å². The predicted octanol–water partition coefficient (Wildman–Crippen LogP) is 1.82. The summed E-state index contributed by atoms with van der Waals surface area (Å²) in [5, 5.41) is 3.30. The van der Waals surface area contributed by atoms with Gasteiger partial charge < -0.3 is 10.2 Å². The minimum atomic E-state index is 0.193. The maximum atomic E-state index is 12.4. The summed E-state index contributed by atoms with van der Waals surface area (Å²) in [6.07, 6.45) is 5.97. The molecule has 0 unspecified atom stereocenters. The summed E-state index contributed by atoms with van der Waals surface area (Å²) in [7, 11) is 3.88. The molecular weight excluding hydrogens is 238 g/mol. The van der Waals surface area contributed by atoms with Crippen molar-refractivity contribution in [1.29, 1.82) is 0 Å². The van der Waals surface area contributed by atoms with E-state index in [2.05, 4.69) is 10.3 Å². The topological polar surface area (TPSA) is 45.2 Å². The second-order valence-electron chi connectivity index (χ2n) is 5.35. The van der Waals surface area contributed by atoms with Crippen LogP contribution in [0.4, 0.5) is 0 Å². The van der Waals surface area contributed by atoms with Gasteiger partial charge in [0, 0.05) is 25.2 Å². The summed E-state index contributed by atoms with van der Waals surface area (Å²) >= 11 is 0. The van der Waals surface area contributed by atoms with E-state index in [1.165, 1.54) is 0 Å². The van der Waals surface area contributed by atoms with Gasteiger partial charge in [0.05, 0.1) is 12.2 Å². The van der Waals surface area contributed by atoms with Crippen LogP contribution < -0.4 is 5.32 Å². The fourth-order valence-corrected chi connectivity index (χ4v) is 2.75. The molecule has 0 spiro atoms. The van der Waals surface area contributed by atoms with Gasteiger partial charge in [0.2, 0.25) is 5.91 Å². The quantitative estimate of drug-likeness (QED) is 0.899. The highest BCUT2D eigenvalue weighted by Gasteiger charge is 2.27. The normalized spacial score (nSPS) is 23.1. The first-order chi connectivity index (χ1) is 9.20. The number of pyridine rings is 1. The lowest BCUT2D eigenvalue weighted by Crippen LogP contribution is -2.38. The third kappa shape index (κ3) is 3.77. The van der Waals surface area contributed by atoms with Gasteiger partial charge in [0.15, 0.2) is 0 Å². The van der Waals surface area contributed by atoms with Crippen molar-refractivity contribution in [3.63, 3.8) is 0 Å². The summed E-state index contributed by atoms with van der Waals surface area (Å²) < 4.78 is 0. The van der Waals surface area contributed by atoms with Crippen molar-refractivity contribution >= 4 is 5.91 Å². The van der Waals surface area contributed by atoms with Crippen molar-refractivity contribution in [2.75, 3.05) is 14.1 Å². The van der Waals surface area contributed by atoms with Crippen LogP contribution in [0.25, 0.3) is 0 Å². The highest BCUT2D eigenvalue weighted by atomic mass is 16.2. The summed E-state index contributed by atoms with van der Waals surface area (Å²) in [5.74, 6) is 0.457. The predicted molar refractivity (Wildman–Crippen MR) is 75.5 cm³/mol. The van der Waals surface area contributed by atoms with E-state index < -0.39 is 0 Å². The summed E-state index contributed by atoms with van der Waals surface area (Å²) in [5.41, 5.74) is 0.947. The van der Waals surface area contributed by atoms with E-state index in [-0.39, 0.29) is 11.8 Å². The van der Waals surface area contributed by atoms with Gasteiger partial charge in [-0.15, -0.1) is 0 Å². The minimum Gasteiger partial charge on any atom is -0.340 e. The van der Waals surface area contributed by atoms with Gasteiger partial charge in [-0.2, -0.15) is 0 Å². The molecule has 104 valence electrons. The van der Waals surface area contributed by atoms with Gasteiger partial charge in [-0.25, -0.2) is 0 Å². The van der Waals surface area contributed by atoms with Gasteiger partial charge in [0.25, 0.3) is 0 Å². The number of hydrogen-bond donors (Lipinski definition) is 1. The monoisotopic (exact) mass is 261 g/mol. The zero-order chi connectivity index (χ0) is 13.7. The van der Waals surface area contributed by atoms with Crippen LogP contribution in [0.15, 0.2) is 24.4 Å². The van der Waals surface area contributed by atoms with Crippen molar-refractivity contribution in [1.82, 2.24) is 15.2 Å². The highest BCUT2D eigenvalue weighted by Crippen LogP contribution is 2.25. The van der Waals surface area contributed by atoms with Crippen LogP contribution in [0.5, 0.6) is 0 Å². The zero-order valence-electron chi connectivity index (χ0n) is 11.8. The largest absolute Gasteiger partial charge is 0.340 e. The maximum absolute atomic E-state index is 12.4. The van der Waals surface area contributed by atoms with Gasteiger partial charge in [-0.05, 0) is 44.9 Å². The van der Waals surface area contributed by atoms with E-state index in [4.69, 9.17) is 0 Å². The molecule has 1 aliphatic carbocycles. The Balaban J connectivity index is 1.86. The first-order valence-corrected chi connectivity index (χ1v) is 7.03. The molecule has 1 fully saturated rings. The molecule has 0 bridgehead atoms. The Bertz CT molecular complexity index is 399. The molecule has 0 aliphatic heterocycles. The van der Waals surface area contributed by atoms with Crippen LogP contribution in [0, 0.1) is 5.92 Å². The van der Waals surface area contributed by atoms with Gasteiger partial charge in [-0.1, -0.05) is 6.07 Å². The van der Waals surface area contributed by atoms with Crippen molar-refractivity contribution < 1.29 is 4.79 Å². The molecule has 1 amide bonds. The van der Waals surface area contributed by atoms with Crippen LogP contribution in [0.1, 0.15) is 31.4 Å². The third-order valence-corrected chi connectivity index (χ3v) is 3.99. The molecule has 1 N–H and O–H groups in total. The van der Waals surface area contributed by atoms with Gasteiger partial charge in [-0.3, -0.25) is 9.78 Å². The van der Waals surface area contributed by atoms with Crippen LogP contribution >= 0.6 is 0 Å². The number of nitrogens with one attached hydrogen (secondary N) is 1. The summed E-state index contributed by atoms with van der Waals surface area (Å²) in [6, 6.07) is 6.40. The first kappa shape index (κ1) is 14.0. The molecule has 1 saturated carbocycles. The first-order valence-electron chi connectivity index (χ1n) is 7.03. The van der Waals surface area contributed by atoms with Crippen LogP contribution in [0.2, 0.25) is 0 Å². The molecule has 1 aliphatic rings. The lowest BCUT2D eigenvalue weighted by atomic mass is 9.85. The minimum absolute atomic E-state index is 0.193. The number of carbonyl (C=O) groups excluding carboxylic acids is 1. The molecule has 1 heterocycles. The van der Waals surface area contributed by atoms with Crippen LogP contribution in [-0.4, -0.2) is 35.9 Å². The molecule has 0 radical (unpaired) electrons. The third-order valence-electron chi connectivity index (χ3n) is 3.99. The van der Waals surface area contributed by atoms with Crippen LogP contribution in [0.3, 0.4) is 0 Å². The molecule has 0 atom stereocenters. The number of aromatic nitrogens is 1. The summed E-state index contributed by atoms with van der Waals surface area (Å²) in [4.78, 5) is 18.5. The Labute approximate surface area is 115 Å². The molecule has 1 aromatic rings. The van der Waals surface area contributed by atoms with E-state index in [0.29, 0.717) is 12.6 Å². The Hall–Kier alpha value is -1.42. The fourth-order valence-electron chi connectivity index (χ4n) is 2.75.